The zero-order valence-electron chi connectivity index (χ0n) is 6.05. The molecule has 0 spiro atoms. The first-order chi connectivity index (χ1) is 5.38. The second-order valence-electron chi connectivity index (χ2n) is 2.60. The molecule has 0 amide bonds. The van der Waals surface area contributed by atoms with E-state index in [1.807, 2.05) is 0 Å². The monoisotopic (exact) mass is 255 g/mol. The Hall–Kier alpha value is -0.310. The van der Waals surface area contributed by atoms with Gasteiger partial charge in [0.1, 0.15) is 0 Å². The van der Waals surface area contributed by atoms with Crippen LogP contribution in [0.3, 0.4) is 0 Å². The average Bonchev–Trinajstić information content (AvgIpc) is 2.06. The van der Waals surface area contributed by atoms with Gasteiger partial charge in [0.05, 0.1) is 3.92 Å². The Balaban J connectivity index is 2.54. The highest BCUT2D eigenvalue weighted by molar-refractivity contribution is 14.1. The van der Waals surface area contributed by atoms with Crippen molar-refractivity contribution in [1.29, 1.82) is 0 Å². The summed E-state index contributed by atoms with van der Waals surface area (Å²) < 4.78 is 1.45. The molecule has 0 aliphatic heterocycles. The van der Waals surface area contributed by atoms with Crippen LogP contribution in [0.1, 0.15) is 17.5 Å². The molecule has 0 fully saturated rings. The van der Waals surface area contributed by atoms with Crippen molar-refractivity contribution in [1.82, 2.24) is 0 Å². The number of fused-ring (bicyclic) bond motifs is 1. The fraction of sp³-hybridized carbons (Fsp3) is 0.100. The smallest absolute Gasteiger partial charge is 0.0699 e. The van der Waals surface area contributed by atoms with Crippen LogP contribution in [-0.4, -0.2) is 0 Å². The second-order valence-corrected chi connectivity index (χ2v) is 3.90. The van der Waals surface area contributed by atoms with E-state index in [0.29, 0.717) is 0 Å². The van der Waals surface area contributed by atoms with Gasteiger partial charge in [0.2, 0.25) is 0 Å². The summed E-state index contributed by atoms with van der Waals surface area (Å²) in [5, 5.41) is 0. The predicted octanol–water partition coefficient (Wildman–Crippen LogP) is 3.42. The summed E-state index contributed by atoms with van der Waals surface area (Å²) in [6.07, 6.45) is 5.50. The summed E-state index contributed by atoms with van der Waals surface area (Å²) >= 11 is 2.41. The molecule has 1 aromatic rings. The molecule has 1 heteroatoms. The summed E-state index contributed by atoms with van der Waals surface area (Å²) in [5.41, 5.74) is 2.75. The molecule has 0 aromatic heterocycles. The number of allylic oxidation sites excluding steroid dienone is 1. The van der Waals surface area contributed by atoms with E-state index >= 15 is 0 Å². The first-order valence-corrected chi connectivity index (χ1v) is 4.73. The van der Waals surface area contributed by atoms with E-state index in [1.54, 1.807) is 0 Å². The van der Waals surface area contributed by atoms with Crippen LogP contribution in [0.5, 0.6) is 0 Å². The van der Waals surface area contributed by atoms with Gasteiger partial charge in [0.15, 0.2) is 0 Å². The minimum Gasteiger partial charge on any atom is -0.0822 e. The highest BCUT2D eigenvalue weighted by Crippen LogP contribution is 2.33. The summed E-state index contributed by atoms with van der Waals surface area (Å²) in [7, 11) is 0. The van der Waals surface area contributed by atoms with Crippen LogP contribution >= 0.6 is 22.6 Å². The summed E-state index contributed by atoms with van der Waals surface area (Å²) in [5.74, 6) is 0. The molecule has 0 heterocycles. The lowest BCUT2D eigenvalue weighted by atomic mass is 9.98. The molecule has 0 nitrogen and oxygen atoms in total. The summed E-state index contributed by atoms with van der Waals surface area (Å²) in [6, 6.07) is 8.51. The molecule has 1 aliphatic carbocycles. The zero-order valence-corrected chi connectivity index (χ0v) is 8.21. The predicted molar refractivity (Wildman–Crippen MR) is 56.5 cm³/mol. The highest BCUT2D eigenvalue weighted by Gasteiger charge is 2.12. The fourth-order valence-corrected chi connectivity index (χ4v) is 2.03. The lowest BCUT2D eigenvalue weighted by Gasteiger charge is -2.14. The third-order valence-corrected chi connectivity index (χ3v) is 2.87. The molecular weight excluding hydrogens is 247 g/mol. The molecular formula is C10H8I. The SMILES string of the molecule is I[C]1CC=Cc2ccccc21. The van der Waals surface area contributed by atoms with Gasteiger partial charge in [-0.2, -0.15) is 0 Å². The lowest BCUT2D eigenvalue weighted by molar-refractivity contribution is 1.20. The van der Waals surface area contributed by atoms with Gasteiger partial charge in [-0.3, -0.25) is 0 Å². The molecule has 1 aliphatic rings. The standard InChI is InChI=1S/C10H8I/c11-10-7-3-5-8-4-1-2-6-9(8)10/h1-6H,7H2. The second kappa shape index (κ2) is 2.97. The summed E-state index contributed by atoms with van der Waals surface area (Å²) in [4.78, 5) is 0. The molecule has 2 rings (SSSR count). The third kappa shape index (κ3) is 1.34. The van der Waals surface area contributed by atoms with Crippen molar-refractivity contribution in [2.24, 2.45) is 0 Å². The minimum absolute atomic E-state index is 1.09. The molecule has 0 atom stereocenters. The summed E-state index contributed by atoms with van der Waals surface area (Å²) in [6.45, 7) is 0. The molecule has 1 radical (unpaired) electrons. The van der Waals surface area contributed by atoms with Crippen molar-refractivity contribution >= 4 is 28.7 Å². The van der Waals surface area contributed by atoms with E-state index in [9.17, 15) is 0 Å². The zero-order chi connectivity index (χ0) is 7.68. The van der Waals surface area contributed by atoms with E-state index < -0.39 is 0 Å². The maximum absolute atomic E-state index is 2.41. The van der Waals surface area contributed by atoms with Gasteiger partial charge in [-0.15, -0.1) is 0 Å². The van der Waals surface area contributed by atoms with Gasteiger partial charge in [-0.05, 0) is 17.5 Å². The number of rotatable bonds is 0. The quantitative estimate of drug-likeness (QED) is 0.623. The molecule has 1 aromatic carbocycles. The molecule has 55 valence electrons. The van der Waals surface area contributed by atoms with Gasteiger partial charge >= 0.3 is 0 Å². The highest BCUT2D eigenvalue weighted by atomic mass is 127. The van der Waals surface area contributed by atoms with Crippen molar-refractivity contribution in [2.45, 2.75) is 6.42 Å². The first kappa shape index (κ1) is 7.35. The third-order valence-electron chi connectivity index (χ3n) is 1.85. The van der Waals surface area contributed by atoms with Gasteiger partial charge in [-0.1, -0.05) is 59.0 Å². The molecule has 0 N–H and O–H groups in total. The van der Waals surface area contributed by atoms with E-state index in [4.69, 9.17) is 0 Å². The van der Waals surface area contributed by atoms with E-state index in [0.717, 1.165) is 6.42 Å². The average molecular weight is 255 g/mol. The maximum Gasteiger partial charge on any atom is 0.0699 e. The van der Waals surface area contributed by atoms with Crippen LogP contribution < -0.4 is 0 Å². The Morgan fingerprint density at radius 3 is 2.82 bits per heavy atom. The Bertz CT molecular complexity index is 289. The Morgan fingerprint density at radius 2 is 2.00 bits per heavy atom. The van der Waals surface area contributed by atoms with Gasteiger partial charge in [0, 0.05) is 0 Å². The Labute approximate surface area is 80.5 Å². The van der Waals surface area contributed by atoms with Crippen molar-refractivity contribution in [3.8, 4) is 0 Å². The van der Waals surface area contributed by atoms with Crippen LogP contribution in [0.2, 0.25) is 0 Å². The molecule has 0 saturated heterocycles. The van der Waals surface area contributed by atoms with Crippen molar-refractivity contribution in [3.05, 3.63) is 45.4 Å². The molecule has 0 saturated carbocycles. The van der Waals surface area contributed by atoms with Crippen LogP contribution in [0.4, 0.5) is 0 Å². The van der Waals surface area contributed by atoms with Crippen LogP contribution in [0.15, 0.2) is 30.3 Å². The number of hydrogen-bond donors (Lipinski definition) is 0. The van der Waals surface area contributed by atoms with Gasteiger partial charge in [0.25, 0.3) is 0 Å². The van der Waals surface area contributed by atoms with Crippen LogP contribution in [0.25, 0.3) is 6.08 Å². The number of halogens is 1. The minimum atomic E-state index is 1.09. The maximum atomic E-state index is 2.41. The van der Waals surface area contributed by atoms with Crippen molar-refractivity contribution in [2.75, 3.05) is 0 Å². The molecule has 0 bridgehead atoms. The lowest BCUT2D eigenvalue weighted by Crippen LogP contribution is -1.96. The van der Waals surface area contributed by atoms with Crippen LogP contribution in [-0.2, 0) is 0 Å². The number of hydrogen-bond acceptors (Lipinski definition) is 0. The molecule has 11 heavy (non-hydrogen) atoms. The Morgan fingerprint density at radius 1 is 1.18 bits per heavy atom. The van der Waals surface area contributed by atoms with Gasteiger partial charge in [-0.25, -0.2) is 0 Å². The van der Waals surface area contributed by atoms with E-state index in [2.05, 4.69) is 59.0 Å². The van der Waals surface area contributed by atoms with Gasteiger partial charge < -0.3 is 0 Å². The molecule has 0 unspecified atom stereocenters. The van der Waals surface area contributed by atoms with Crippen molar-refractivity contribution < 1.29 is 0 Å². The largest absolute Gasteiger partial charge is 0.0822 e. The first-order valence-electron chi connectivity index (χ1n) is 3.65. The number of benzene rings is 1. The van der Waals surface area contributed by atoms with Crippen LogP contribution in [0, 0.1) is 3.92 Å². The topological polar surface area (TPSA) is 0 Å². The normalized spacial score (nSPS) is 16.5. The fourth-order valence-electron chi connectivity index (χ4n) is 1.29. The van der Waals surface area contributed by atoms with E-state index in [1.165, 1.54) is 15.1 Å². The van der Waals surface area contributed by atoms with Crippen molar-refractivity contribution in [3.63, 3.8) is 0 Å². The van der Waals surface area contributed by atoms with E-state index in [-0.39, 0.29) is 0 Å². The Kier molecular flexibility index (Phi) is 1.98.